The molecule has 1 N–H and O–H groups in total. The number of methoxy groups -OCH3 is 1. The van der Waals surface area contributed by atoms with E-state index in [4.69, 9.17) is 4.74 Å². The van der Waals surface area contributed by atoms with Crippen LogP contribution in [0.1, 0.15) is 37.7 Å². The summed E-state index contributed by atoms with van der Waals surface area (Å²) in [6, 6.07) is 16.2. The van der Waals surface area contributed by atoms with Gasteiger partial charge in [-0.15, -0.1) is 0 Å². The number of carbonyl (C=O) groups is 2. The van der Waals surface area contributed by atoms with Gasteiger partial charge in [0.1, 0.15) is 0 Å². The highest BCUT2D eigenvalue weighted by Crippen LogP contribution is 2.23. The lowest BCUT2D eigenvalue weighted by atomic mass is 10.1. The second kappa shape index (κ2) is 8.87. The van der Waals surface area contributed by atoms with Gasteiger partial charge in [-0.25, -0.2) is 10.2 Å². The number of rotatable bonds is 5. The fourth-order valence-corrected chi connectivity index (χ4v) is 3.33. The lowest BCUT2D eigenvalue weighted by Crippen LogP contribution is -2.17. The summed E-state index contributed by atoms with van der Waals surface area (Å²) in [5.41, 5.74) is 6.91. The molecule has 3 rings (SSSR count). The SMILES string of the molecule is COC(=O)c1ccccc1-n1c(C)cc(/C=N\NC(=O)c2ccc(Br)cc2)c1C. The molecule has 0 unspecified atom stereocenters. The van der Waals surface area contributed by atoms with Crippen LogP contribution in [0.15, 0.2) is 64.2 Å². The van der Waals surface area contributed by atoms with E-state index in [2.05, 4.69) is 26.5 Å². The van der Waals surface area contributed by atoms with Crippen LogP contribution in [0.4, 0.5) is 0 Å². The second-order valence-electron chi connectivity index (χ2n) is 6.38. The number of amides is 1. The number of aromatic nitrogens is 1. The number of halogens is 1. The third kappa shape index (κ3) is 4.46. The molecular formula is C22H20BrN3O3. The van der Waals surface area contributed by atoms with E-state index in [1.165, 1.54) is 7.11 Å². The number of para-hydroxylation sites is 1. The van der Waals surface area contributed by atoms with Gasteiger partial charge in [0.05, 0.1) is 24.6 Å². The molecule has 0 saturated heterocycles. The lowest BCUT2D eigenvalue weighted by Gasteiger charge is -2.13. The summed E-state index contributed by atoms with van der Waals surface area (Å²) < 4.78 is 7.76. The van der Waals surface area contributed by atoms with E-state index in [0.717, 1.165) is 27.1 Å². The van der Waals surface area contributed by atoms with E-state index in [-0.39, 0.29) is 5.91 Å². The minimum absolute atomic E-state index is 0.293. The average molecular weight is 454 g/mol. The van der Waals surface area contributed by atoms with Crippen LogP contribution in [-0.2, 0) is 4.74 Å². The molecule has 0 spiro atoms. The zero-order valence-electron chi connectivity index (χ0n) is 16.3. The molecule has 29 heavy (non-hydrogen) atoms. The molecule has 2 aromatic carbocycles. The monoisotopic (exact) mass is 453 g/mol. The Morgan fingerprint density at radius 1 is 1.10 bits per heavy atom. The first kappa shape index (κ1) is 20.5. The molecule has 1 aromatic heterocycles. The third-order valence-corrected chi connectivity index (χ3v) is 5.03. The van der Waals surface area contributed by atoms with Crippen molar-refractivity contribution in [3.8, 4) is 5.69 Å². The number of esters is 1. The van der Waals surface area contributed by atoms with Crippen LogP contribution < -0.4 is 5.43 Å². The molecule has 0 aliphatic carbocycles. The van der Waals surface area contributed by atoms with Crippen molar-refractivity contribution in [3.63, 3.8) is 0 Å². The first-order valence-electron chi connectivity index (χ1n) is 8.88. The Bertz CT molecular complexity index is 1090. The minimum atomic E-state index is -0.398. The lowest BCUT2D eigenvalue weighted by molar-refractivity contribution is 0.0600. The van der Waals surface area contributed by atoms with Gasteiger partial charge in [-0.3, -0.25) is 4.79 Å². The van der Waals surface area contributed by atoms with Gasteiger partial charge >= 0.3 is 5.97 Å². The van der Waals surface area contributed by atoms with Crippen LogP contribution in [-0.4, -0.2) is 29.8 Å². The van der Waals surface area contributed by atoms with Gasteiger partial charge in [-0.05, 0) is 56.3 Å². The number of hydrogen-bond donors (Lipinski definition) is 1. The Morgan fingerprint density at radius 2 is 1.79 bits per heavy atom. The van der Waals surface area contributed by atoms with E-state index < -0.39 is 5.97 Å². The van der Waals surface area contributed by atoms with Crippen molar-refractivity contribution < 1.29 is 14.3 Å². The fourth-order valence-electron chi connectivity index (χ4n) is 3.07. The molecule has 0 fully saturated rings. The van der Waals surface area contributed by atoms with Crippen molar-refractivity contribution in [1.29, 1.82) is 0 Å². The molecule has 3 aromatic rings. The van der Waals surface area contributed by atoms with Crippen molar-refractivity contribution in [3.05, 3.63) is 87.1 Å². The minimum Gasteiger partial charge on any atom is -0.465 e. The molecule has 0 aliphatic rings. The molecule has 0 radical (unpaired) electrons. The first-order chi connectivity index (χ1) is 13.9. The van der Waals surface area contributed by atoms with Crippen LogP contribution in [0.3, 0.4) is 0 Å². The van der Waals surface area contributed by atoms with E-state index in [9.17, 15) is 9.59 Å². The zero-order valence-corrected chi connectivity index (χ0v) is 17.9. The molecule has 148 valence electrons. The number of carbonyl (C=O) groups excluding carboxylic acids is 2. The molecule has 7 heteroatoms. The van der Waals surface area contributed by atoms with Crippen LogP contribution >= 0.6 is 15.9 Å². The van der Waals surface area contributed by atoms with E-state index >= 15 is 0 Å². The average Bonchev–Trinajstić information content (AvgIpc) is 3.01. The topological polar surface area (TPSA) is 72.7 Å². The molecule has 1 heterocycles. The molecular weight excluding hydrogens is 434 g/mol. The maximum Gasteiger partial charge on any atom is 0.339 e. The molecule has 6 nitrogen and oxygen atoms in total. The predicted molar refractivity (Wildman–Crippen MR) is 116 cm³/mol. The van der Waals surface area contributed by atoms with Gasteiger partial charge in [0, 0.05) is 27.0 Å². The summed E-state index contributed by atoms with van der Waals surface area (Å²) in [5, 5.41) is 4.08. The summed E-state index contributed by atoms with van der Waals surface area (Å²) in [5.74, 6) is -0.691. The summed E-state index contributed by atoms with van der Waals surface area (Å²) in [6.45, 7) is 3.87. The molecule has 0 atom stereocenters. The maximum atomic E-state index is 12.2. The Labute approximate surface area is 177 Å². The van der Waals surface area contributed by atoms with Gasteiger partial charge in [-0.2, -0.15) is 5.10 Å². The van der Waals surface area contributed by atoms with Crippen LogP contribution in [0, 0.1) is 13.8 Å². The number of nitrogens with one attached hydrogen (secondary N) is 1. The van der Waals surface area contributed by atoms with Crippen molar-refractivity contribution in [2.75, 3.05) is 7.11 Å². The summed E-state index contributed by atoms with van der Waals surface area (Å²) in [7, 11) is 1.36. The van der Waals surface area contributed by atoms with Crippen molar-refractivity contribution in [1.82, 2.24) is 9.99 Å². The third-order valence-electron chi connectivity index (χ3n) is 4.50. The fraction of sp³-hybridized carbons (Fsp3) is 0.136. The highest BCUT2D eigenvalue weighted by molar-refractivity contribution is 9.10. The normalized spacial score (nSPS) is 10.9. The number of hydrazone groups is 1. The molecule has 0 saturated carbocycles. The van der Waals surface area contributed by atoms with Gasteiger partial charge in [0.15, 0.2) is 0 Å². The number of ether oxygens (including phenoxy) is 1. The van der Waals surface area contributed by atoms with Crippen molar-refractivity contribution in [2.45, 2.75) is 13.8 Å². The maximum absolute atomic E-state index is 12.2. The van der Waals surface area contributed by atoms with Gasteiger partial charge in [0.25, 0.3) is 5.91 Å². The number of benzene rings is 2. The highest BCUT2D eigenvalue weighted by atomic mass is 79.9. The van der Waals surface area contributed by atoms with Gasteiger partial charge in [0.2, 0.25) is 0 Å². The Balaban J connectivity index is 1.85. The zero-order chi connectivity index (χ0) is 21.0. The van der Waals surface area contributed by atoms with Crippen LogP contribution in [0.5, 0.6) is 0 Å². The highest BCUT2D eigenvalue weighted by Gasteiger charge is 2.17. The van der Waals surface area contributed by atoms with Crippen molar-refractivity contribution in [2.24, 2.45) is 5.10 Å². The van der Waals surface area contributed by atoms with Crippen molar-refractivity contribution >= 4 is 34.0 Å². The molecule has 0 aliphatic heterocycles. The predicted octanol–water partition coefficient (Wildman–Crippen LogP) is 4.41. The van der Waals surface area contributed by atoms with Crippen LogP contribution in [0.2, 0.25) is 0 Å². The largest absolute Gasteiger partial charge is 0.465 e. The van der Waals surface area contributed by atoms with E-state index in [0.29, 0.717) is 11.1 Å². The van der Waals surface area contributed by atoms with E-state index in [1.807, 2.05) is 36.6 Å². The Hall–Kier alpha value is -3.19. The Kier molecular flexibility index (Phi) is 6.29. The molecule has 1 amide bonds. The summed E-state index contributed by atoms with van der Waals surface area (Å²) in [6.07, 6.45) is 1.59. The van der Waals surface area contributed by atoms with E-state index in [1.54, 1.807) is 42.6 Å². The van der Waals surface area contributed by atoms with Gasteiger partial charge in [-0.1, -0.05) is 28.1 Å². The summed E-state index contributed by atoms with van der Waals surface area (Å²) >= 11 is 3.34. The smallest absolute Gasteiger partial charge is 0.339 e. The summed E-state index contributed by atoms with van der Waals surface area (Å²) in [4.78, 5) is 24.3. The number of nitrogens with zero attached hydrogens (tertiary/aromatic N) is 2. The standard InChI is InChI=1S/C22H20BrN3O3/c1-14-12-17(13-24-25-21(27)16-8-10-18(23)11-9-16)15(2)26(14)20-7-5-4-6-19(20)22(28)29-3/h4-13H,1-3H3,(H,25,27)/b24-13-. The van der Waals surface area contributed by atoms with Gasteiger partial charge < -0.3 is 9.30 Å². The molecule has 0 bridgehead atoms. The number of aryl methyl sites for hydroxylation is 1. The first-order valence-corrected chi connectivity index (χ1v) is 9.67. The second-order valence-corrected chi connectivity index (χ2v) is 7.29. The quantitative estimate of drug-likeness (QED) is 0.353. The Morgan fingerprint density at radius 3 is 2.48 bits per heavy atom. The van der Waals surface area contributed by atoms with Crippen LogP contribution in [0.25, 0.3) is 5.69 Å². The number of hydrogen-bond acceptors (Lipinski definition) is 4.